The van der Waals surface area contributed by atoms with Gasteiger partial charge in [-0.3, -0.25) is 14.9 Å². The van der Waals surface area contributed by atoms with E-state index in [1.54, 1.807) is 39.0 Å². The molecule has 46 heavy (non-hydrogen) atoms. The van der Waals surface area contributed by atoms with E-state index in [-0.39, 0.29) is 0 Å². The summed E-state index contributed by atoms with van der Waals surface area (Å²) in [5, 5.41) is 7.62. The van der Waals surface area contributed by atoms with Gasteiger partial charge in [0.1, 0.15) is 23.4 Å². The minimum atomic E-state index is -2.69. The Morgan fingerprint density at radius 1 is 1.00 bits per heavy atom. The normalized spacial score (nSPS) is 17.0. The van der Waals surface area contributed by atoms with E-state index in [1.807, 2.05) is 12.1 Å². The van der Waals surface area contributed by atoms with Crippen LogP contribution in [0.2, 0.25) is 5.02 Å². The molecule has 244 valence electrons. The molecular formula is C33H43ClN9O2P. The Balaban J connectivity index is 1.24. The van der Waals surface area contributed by atoms with Gasteiger partial charge in [-0.15, -0.1) is 0 Å². The molecule has 0 atom stereocenters. The lowest BCUT2D eigenvalue weighted by Gasteiger charge is -2.43. The highest BCUT2D eigenvalue weighted by Gasteiger charge is 2.28. The highest BCUT2D eigenvalue weighted by molar-refractivity contribution is 7.70. The number of aryl methyl sites for hydroxylation is 1. The minimum absolute atomic E-state index is 0.316. The van der Waals surface area contributed by atoms with Gasteiger partial charge >= 0.3 is 0 Å². The zero-order valence-electron chi connectivity index (χ0n) is 27.3. The van der Waals surface area contributed by atoms with Crippen LogP contribution >= 0.6 is 18.7 Å². The van der Waals surface area contributed by atoms with Gasteiger partial charge < -0.3 is 29.7 Å². The summed E-state index contributed by atoms with van der Waals surface area (Å²) in [7, 11) is 1.21. The van der Waals surface area contributed by atoms with E-state index in [2.05, 4.69) is 66.4 Å². The van der Waals surface area contributed by atoms with Crippen LogP contribution in [0.3, 0.4) is 0 Å². The van der Waals surface area contributed by atoms with E-state index in [1.165, 1.54) is 24.1 Å². The molecule has 2 aromatic heterocycles. The van der Waals surface area contributed by atoms with Crippen LogP contribution < -0.4 is 25.6 Å². The van der Waals surface area contributed by atoms with Crippen molar-refractivity contribution in [2.24, 2.45) is 0 Å². The molecule has 2 aliphatic rings. The van der Waals surface area contributed by atoms with Crippen molar-refractivity contribution in [3.05, 3.63) is 53.4 Å². The molecule has 13 heteroatoms. The third kappa shape index (κ3) is 6.93. The molecule has 0 amide bonds. The van der Waals surface area contributed by atoms with Crippen LogP contribution in [-0.2, 0) is 11.0 Å². The van der Waals surface area contributed by atoms with Gasteiger partial charge in [-0.2, -0.15) is 4.98 Å². The molecule has 2 saturated heterocycles. The highest BCUT2D eigenvalue weighted by Crippen LogP contribution is 2.41. The third-order valence-electron chi connectivity index (χ3n) is 9.07. The fraction of sp³-hybridized carbons (Fsp3) is 0.455. The molecule has 0 aliphatic carbocycles. The zero-order chi connectivity index (χ0) is 32.4. The molecule has 0 radical (unpaired) electrons. The molecule has 0 spiro atoms. The Kier molecular flexibility index (Phi) is 9.66. The first-order chi connectivity index (χ1) is 22.1. The largest absolute Gasteiger partial charge is 0.494 e. The molecule has 2 aromatic carbocycles. The van der Waals surface area contributed by atoms with E-state index < -0.39 is 7.14 Å². The Hall–Kier alpha value is -3.50. The number of rotatable bonds is 9. The van der Waals surface area contributed by atoms with Crippen molar-refractivity contribution in [1.82, 2.24) is 29.7 Å². The smallest absolute Gasteiger partial charge is 0.229 e. The van der Waals surface area contributed by atoms with Gasteiger partial charge in [0.15, 0.2) is 5.82 Å². The number of piperazine rings is 1. The summed E-state index contributed by atoms with van der Waals surface area (Å²) in [4.78, 5) is 25.7. The van der Waals surface area contributed by atoms with E-state index >= 15 is 0 Å². The number of methoxy groups -OCH3 is 1. The van der Waals surface area contributed by atoms with Crippen molar-refractivity contribution >= 4 is 63.9 Å². The van der Waals surface area contributed by atoms with Gasteiger partial charge in [0, 0.05) is 74.8 Å². The van der Waals surface area contributed by atoms with Crippen LogP contribution in [0, 0.1) is 0 Å². The molecule has 4 aromatic rings. The van der Waals surface area contributed by atoms with E-state index in [0.29, 0.717) is 50.6 Å². The fourth-order valence-corrected chi connectivity index (χ4v) is 7.74. The number of hydrogen-bond acceptors (Lipinski definition) is 11. The number of nitrogens with zero attached hydrogens (tertiary/aromatic N) is 7. The number of nitrogens with one attached hydrogen (secondary N) is 2. The molecule has 0 bridgehead atoms. The number of benzene rings is 2. The van der Waals surface area contributed by atoms with Gasteiger partial charge in [0.05, 0.1) is 30.2 Å². The van der Waals surface area contributed by atoms with Crippen molar-refractivity contribution in [2.45, 2.75) is 32.2 Å². The topological polar surface area (TPSA) is 112 Å². The average molecular weight is 664 g/mol. The second-order valence-corrected chi connectivity index (χ2v) is 16.1. The second kappa shape index (κ2) is 13.7. The van der Waals surface area contributed by atoms with Crippen LogP contribution in [0.15, 0.2) is 42.9 Å². The summed E-state index contributed by atoms with van der Waals surface area (Å²) in [6, 6.07) is 8.57. The lowest BCUT2D eigenvalue weighted by Crippen LogP contribution is -2.52. The van der Waals surface area contributed by atoms with Crippen LogP contribution in [0.5, 0.6) is 5.75 Å². The first-order valence-corrected chi connectivity index (χ1v) is 18.9. The maximum atomic E-state index is 13.2. The second-order valence-electron chi connectivity index (χ2n) is 12.5. The monoisotopic (exact) mass is 663 g/mol. The van der Waals surface area contributed by atoms with Gasteiger partial charge in [0.2, 0.25) is 5.95 Å². The summed E-state index contributed by atoms with van der Waals surface area (Å²) < 4.78 is 19.1. The number of hydrogen-bond donors (Lipinski definition) is 2. The number of halogens is 1. The summed E-state index contributed by atoms with van der Waals surface area (Å²) in [5.41, 5.74) is 5.05. The number of fused-ring (bicyclic) bond motifs is 1. The van der Waals surface area contributed by atoms with Crippen molar-refractivity contribution in [2.75, 3.05) is 82.3 Å². The van der Waals surface area contributed by atoms with Gasteiger partial charge in [-0.05, 0) is 63.4 Å². The minimum Gasteiger partial charge on any atom is -0.494 e. The van der Waals surface area contributed by atoms with E-state index in [0.717, 1.165) is 51.4 Å². The summed E-state index contributed by atoms with van der Waals surface area (Å²) in [6.45, 7) is 12.3. The van der Waals surface area contributed by atoms with Crippen LogP contribution in [0.1, 0.15) is 25.3 Å². The zero-order valence-corrected chi connectivity index (χ0v) is 28.9. The molecular weight excluding hydrogens is 621 g/mol. The first kappa shape index (κ1) is 32.4. The number of anilines is 5. The Bertz CT molecular complexity index is 1750. The lowest BCUT2D eigenvalue weighted by molar-refractivity contribution is 0.0982. The number of likely N-dealkylation sites (N-methyl/N-ethyl adjacent to an activating group) is 1. The third-order valence-corrected chi connectivity index (χ3v) is 10.9. The van der Waals surface area contributed by atoms with Crippen LogP contribution in [0.4, 0.5) is 28.8 Å². The van der Waals surface area contributed by atoms with Gasteiger partial charge in [-0.25, -0.2) is 4.98 Å². The van der Waals surface area contributed by atoms with E-state index in [9.17, 15) is 4.57 Å². The quantitative estimate of drug-likeness (QED) is 0.219. The molecule has 2 aliphatic heterocycles. The SMILES string of the molecule is CCc1cc(Nc2ncc(Cl)c(Nc3c(P(C)(C)=O)ccc4nccnc34)n2)c(OC)cc1N1CCC(N2CCN(C)CC2)CC1. The lowest BCUT2D eigenvalue weighted by atomic mass is 9.99. The molecule has 2 N–H and O–H groups in total. The summed E-state index contributed by atoms with van der Waals surface area (Å²) in [6.07, 6.45) is 7.99. The molecule has 11 nitrogen and oxygen atoms in total. The maximum Gasteiger partial charge on any atom is 0.229 e. The van der Waals surface area contributed by atoms with Crippen molar-refractivity contribution < 1.29 is 9.30 Å². The van der Waals surface area contributed by atoms with Crippen molar-refractivity contribution in [1.29, 1.82) is 0 Å². The number of ether oxygens (including phenoxy) is 1. The average Bonchev–Trinajstić information content (AvgIpc) is 3.06. The summed E-state index contributed by atoms with van der Waals surface area (Å²) >= 11 is 6.59. The summed E-state index contributed by atoms with van der Waals surface area (Å²) in [5.74, 6) is 1.42. The standard InChI is InChI=1S/C33H43ClN9O2P/c1-6-22-19-26(28(45-3)20-27(22)43-13-9-23(10-14-43)42-17-15-41(2)16-18-42)38-33-37-21-24(34)32(40-33)39-31-29(46(4,5)44)8-7-25-30(31)36-12-11-35-25/h7-8,11-12,19-21,23H,6,9-10,13-18H2,1-5H3,(H2,37,38,39,40). The van der Waals surface area contributed by atoms with E-state index in [4.69, 9.17) is 21.3 Å². The Morgan fingerprint density at radius 2 is 1.74 bits per heavy atom. The molecule has 6 rings (SSSR count). The fourth-order valence-electron chi connectivity index (χ4n) is 6.47. The molecule has 2 fully saturated rings. The number of piperidine rings is 1. The van der Waals surface area contributed by atoms with Crippen LogP contribution in [0.25, 0.3) is 11.0 Å². The van der Waals surface area contributed by atoms with Crippen molar-refractivity contribution in [3.8, 4) is 5.75 Å². The maximum absolute atomic E-state index is 13.2. The number of aromatic nitrogens is 4. The van der Waals surface area contributed by atoms with Crippen molar-refractivity contribution in [3.63, 3.8) is 0 Å². The Labute approximate surface area is 276 Å². The van der Waals surface area contributed by atoms with Gasteiger partial charge in [-0.1, -0.05) is 18.5 Å². The molecule has 4 heterocycles. The molecule has 0 saturated carbocycles. The predicted octanol–water partition coefficient (Wildman–Crippen LogP) is 5.60. The predicted molar refractivity (Wildman–Crippen MR) is 189 cm³/mol. The molecule has 0 unspecified atom stereocenters. The Morgan fingerprint density at radius 3 is 2.43 bits per heavy atom. The van der Waals surface area contributed by atoms with Crippen LogP contribution in [-0.4, -0.2) is 103 Å². The highest BCUT2D eigenvalue weighted by atomic mass is 35.5. The first-order valence-electron chi connectivity index (χ1n) is 15.9. The van der Waals surface area contributed by atoms with Gasteiger partial charge in [0.25, 0.3) is 0 Å².